The Morgan fingerprint density at radius 1 is 1.05 bits per heavy atom. The quantitative estimate of drug-likeness (QED) is 0.150. The first-order valence-corrected chi connectivity index (χ1v) is 15.6. The smallest absolute Gasteiger partial charge is 0.253 e. The van der Waals surface area contributed by atoms with Crippen LogP contribution in [0.1, 0.15) is 24.2 Å². The molecule has 4 aromatic rings. The number of hydrogen-bond donors (Lipinski definition) is 3. The standard InChI is InChI=1S/C28H32IN5O4S/c1-5-34(6-2)15-14-30-28(35)21-9-7-8-20-26(21)31-23-12-10-18(29)16-22(23)27(20)32-24-13-11-19(17-25(24)38-3)33-39(4,36)37/h7-13,16-17,33H,5-6,14-15H2,1-4H3,(H,30,35)(H,31,32)/i29-2. The van der Waals surface area contributed by atoms with Gasteiger partial charge in [-0.15, -0.1) is 0 Å². The van der Waals surface area contributed by atoms with Crippen LogP contribution in [0.2, 0.25) is 0 Å². The third-order valence-electron chi connectivity index (χ3n) is 6.38. The van der Waals surface area contributed by atoms with Gasteiger partial charge in [0.05, 0.1) is 47.0 Å². The van der Waals surface area contributed by atoms with Gasteiger partial charge in [-0.05, 0) is 72.1 Å². The number of rotatable bonds is 11. The van der Waals surface area contributed by atoms with Crippen molar-refractivity contribution in [1.82, 2.24) is 15.2 Å². The summed E-state index contributed by atoms with van der Waals surface area (Å²) in [7, 11) is -1.91. The molecule has 0 aliphatic heterocycles. The monoisotopic (exact) mass is 659 g/mol. The third-order valence-corrected chi connectivity index (χ3v) is 7.66. The van der Waals surface area contributed by atoms with Crippen molar-refractivity contribution in [3.63, 3.8) is 0 Å². The number of sulfonamides is 1. The average Bonchev–Trinajstić information content (AvgIpc) is 2.90. The molecule has 11 heteroatoms. The molecule has 39 heavy (non-hydrogen) atoms. The summed E-state index contributed by atoms with van der Waals surface area (Å²) in [5, 5.41) is 8.19. The van der Waals surface area contributed by atoms with E-state index in [0.717, 1.165) is 51.4 Å². The molecule has 3 N–H and O–H groups in total. The average molecular weight is 660 g/mol. The Balaban J connectivity index is 1.79. The minimum Gasteiger partial charge on any atom is -0.494 e. The topological polar surface area (TPSA) is 113 Å². The van der Waals surface area contributed by atoms with Crippen molar-refractivity contribution in [2.75, 3.05) is 49.6 Å². The summed E-state index contributed by atoms with van der Waals surface area (Å²) >= 11 is 2.26. The number of carbonyl (C=O) groups excluding carboxylic acids is 1. The van der Waals surface area contributed by atoms with Crippen LogP contribution in [-0.4, -0.2) is 63.8 Å². The second-order valence-corrected chi connectivity index (χ2v) is 12.0. The summed E-state index contributed by atoms with van der Waals surface area (Å²) < 4.78 is 32.5. The zero-order valence-electron chi connectivity index (χ0n) is 22.3. The van der Waals surface area contributed by atoms with Crippen LogP contribution in [0.25, 0.3) is 21.8 Å². The number of halogens is 1. The number of nitrogens with zero attached hydrogens (tertiary/aromatic N) is 2. The Labute approximate surface area is 242 Å². The zero-order chi connectivity index (χ0) is 28.2. The first-order chi connectivity index (χ1) is 18.6. The van der Waals surface area contributed by atoms with E-state index in [4.69, 9.17) is 9.72 Å². The van der Waals surface area contributed by atoms with Gasteiger partial charge in [-0.3, -0.25) is 9.52 Å². The largest absolute Gasteiger partial charge is 0.494 e. The van der Waals surface area contributed by atoms with E-state index < -0.39 is 10.0 Å². The summed E-state index contributed by atoms with van der Waals surface area (Å²) in [5.74, 6) is 0.280. The van der Waals surface area contributed by atoms with Crippen molar-refractivity contribution < 1.29 is 17.9 Å². The molecule has 0 aliphatic rings. The van der Waals surface area contributed by atoms with Crippen molar-refractivity contribution in [3.8, 4) is 5.75 Å². The fourth-order valence-corrected chi connectivity index (χ4v) is 5.47. The highest BCUT2D eigenvalue weighted by molar-refractivity contribution is 14.1. The fourth-order valence-electron chi connectivity index (χ4n) is 4.42. The number of methoxy groups -OCH3 is 1. The molecule has 0 atom stereocenters. The van der Waals surface area contributed by atoms with Crippen molar-refractivity contribution in [2.45, 2.75) is 13.8 Å². The van der Waals surface area contributed by atoms with Gasteiger partial charge in [0, 0.05) is 33.5 Å². The van der Waals surface area contributed by atoms with Gasteiger partial charge < -0.3 is 20.3 Å². The van der Waals surface area contributed by atoms with E-state index in [1.54, 1.807) is 24.3 Å². The van der Waals surface area contributed by atoms with Gasteiger partial charge in [0.15, 0.2) is 0 Å². The molecule has 0 bridgehead atoms. The number of carbonyl (C=O) groups is 1. The Hall–Kier alpha value is -3.16. The molecule has 0 saturated carbocycles. The molecular formula is C28H32IN5O4S. The van der Waals surface area contributed by atoms with E-state index in [1.165, 1.54) is 7.11 Å². The van der Waals surface area contributed by atoms with E-state index in [9.17, 15) is 13.2 Å². The Morgan fingerprint density at radius 3 is 2.51 bits per heavy atom. The number of fused-ring (bicyclic) bond motifs is 2. The van der Waals surface area contributed by atoms with Crippen molar-refractivity contribution >= 4 is 77.4 Å². The SMILES string of the molecule is CCN(CC)CCNC(=O)c1cccc2c(Nc3ccc(NS(C)(=O)=O)cc3OC)c3cc([125I])ccc3nc12. The molecule has 206 valence electrons. The van der Waals surface area contributed by atoms with Crippen molar-refractivity contribution in [1.29, 1.82) is 0 Å². The maximum absolute atomic E-state index is 13.3. The normalized spacial score (nSPS) is 11.6. The van der Waals surface area contributed by atoms with Gasteiger partial charge in [-0.1, -0.05) is 26.0 Å². The summed E-state index contributed by atoms with van der Waals surface area (Å²) in [5.41, 5.74) is 3.62. The first-order valence-electron chi connectivity index (χ1n) is 12.6. The molecule has 0 radical (unpaired) electrons. The van der Waals surface area contributed by atoms with Gasteiger partial charge in [0.2, 0.25) is 10.0 Å². The number of amides is 1. The molecule has 0 unspecified atom stereocenters. The predicted molar refractivity (Wildman–Crippen MR) is 167 cm³/mol. The van der Waals surface area contributed by atoms with E-state index >= 15 is 0 Å². The highest BCUT2D eigenvalue weighted by Crippen LogP contribution is 2.38. The maximum Gasteiger partial charge on any atom is 0.253 e. The van der Waals surface area contributed by atoms with E-state index in [0.29, 0.717) is 34.7 Å². The zero-order valence-corrected chi connectivity index (χ0v) is 25.3. The van der Waals surface area contributed by atoms with Crippen LogP contribution in [-0.2, 0) is 10.0 Å². The van der Waals surface area contributed by atoms with Gasteiger partial charge >= 0.3 is 0 Å². The number of nitrogens with one attached hydrogen (secondary N) is 3. The van der Waals surface area contributed by atoms with Crippen LogP contribution in [0.15, 0.2) is 54.6 Å². The first kappa shape index (κ1) is 28.8. The molecule has 1 aromatic heterocycles. The van der Waals surface area contributed by atoms with Crippen LogP contribution in [0.3, 0.4) is 0 Å². The van der Waals surface area contributed by atoms with Crippen molar-refractivity contribution in [2.24, 2.45) is 0 Å². The molecule has 4 rings (SSSR count). The minimum atomic E-state index is -3.44. The highest BCUT2D eigenvalue weighted by atomic mass is 125. The number of para-hydroxylation sites is 1. The second-order valence-electron chi connectivity index (χ2n) is 9.05. The number of pyridine rings is 1. The number of anilines is 3. The number of likely N-dealkylation sites (N-methyl/N-ethyl adjacent to an activating group) is 1. The van der Waals surface area contributed by atoms with Crippen molar-refractivity contribution in [3.05, 3.63) is 63.7 Å². The van der Waals surface area contributed by atoms with Crippen LogP contribution in [0, 0.1) is 3.57 Å². The van der Waals surface area contributed by atoms with Crippen LogP contribution in [0.4, 0.5) is 17.1 Å². The molecule has 0 spiro atoms. The molecule has 0 saturated heterocycles. The third kappa shape index (κ3) is 6.89. The van der Waals surface area contributed by atoms with Gasteiger partial charge in [-0.2, -0.15) is 0 Å². The van der Waals surface area contributed by atoms with E-state index in [1.807, 2.05) is 30.3 Å². The van der Waals surface area contributed by atoms with Crippen LogP contribution >= 0.6 is 22.6 Å². The van der Waals surface area contributed by atoms with Gasteiger partial charge in [0.25, 0.3) is 5.91 Å². The molecular weight excluding hydrogens is 627 g/mol. The highest BCUT2D eigenvalue weighted by Gasteiger charge is 2.18. The van der Waals surface area contributed by atoms with E-state index in [-0.39, 0.29) is 5.91 Å². The number of ether oxygens (including phenoxy) is 1. The lowest BCUT2D eigenvalue weighted by Crippen LogP contribution is -2.34. The molecule has 0 aliphatic carbocycles. The number of benzene rings is 3. The number of hydrogen-bond acceptors (Lipinski definition) is 7. The molecule has 1 heterocycles. The maximum atomic E-state index is 13.3. The lowest BCUT2D eigenvalue weighted by atomic mass is 10.0. The second kappa shape index (κ2) is 12.3. The summed E-state index contributed by atoms with van der Waals surface area (Å²) in [6.45, 7) is 7.37. The summed E-state index contributed by atoms with van der Waals surface area (Å²) in [4.78, 5) is 20.4. The lowest BCUT2D eigenvalue weighted by Gasteiger charge is -2.19. The summed E-state index contributed by atoms with van der Waals surface area (Å²) in [6, 6.07) is 16.6. The Morgan fingerprint density at radius 2 is 1.82 bits per heavy atom. The summed E-state index contributed by atoms with van der Waals surface area (Å²) in [6.07, 6.45) is 1.10. The minimum absolute atomic E-state index is 0.176. The van der Waals surface area contributed by atoms with Crippen LogP contribution < -0.4 is 20.1 Å². The Kier molecular flexibility index (Phi) is 9.13. The molecule has 0 fully saturated rings. The number of aromatic nitrogens is 1. The predicted octanol–water partition coefficient (Wildman–Crippen LogP) is 5.19. The molecule has 3 aromatic carbocycles. The van der Waals surface area contributed by atoms with Gasteiger partial charge in [0.1, 0.15) is 5.75 Å². The van der Waals surface area contributed by atoms with Gasteiger partial charge in [-0.25, -0.2) is 13.4 Å². The Bertz CT molecular complexity index is 1620. The molecule has 1 amide bonds. The lowest BCUT2D eigenvalue weighted by molar-refractivity contribution is 0.0950. The van der Waals surface area contributed by atoms with Crippen LogP contribution in [0.5, 0.6) is 5.75 Å². The molecule has 9 nitrogen and oxygen atoms in total. The fraction of sp³-hybridized carbons (Fsp3) is 0.286. The van der Waals surface area contributed by atoms with E-state index in [2.05, 4.69) is 56.7 Å².